The first-order valence-electron chi connectivity index (χ1n) is 19.5. The van der Waals surface area contributed by atoms with Crippen LogP contribution in [0.1, 0.15) is 11.5 Å². The van der Waals surface area contributed by atoms with Gasteiger partial charge in [0.05, 0.1) is 11.7 Å². The molecule has 56 heavy (non-hydrogen) atoms. The maximum Gasteiger partial charge on any atom is 0.0630 e. The first-order valence-corrected chi connectivity index (χ1v) is 19.5. The Balaban J connectivity index is 1.00. The third kappa shape index (κ3) is 5.26. The molecule has 0 N–H and O–H groups in total. The minimum absolute atomic E-state index is 0.174. The molecule has 1 aliphatic carbocycles. The summed E-state index contributed by atoms with van der Waals surface area (Å²) < 4.78 is 0. The van der Waals surface area contributed by atoms with E-state index in [-0.39, 0.29) is 12.0 Å². The molecular formula is C54H38N2. The van der Waals surface area contributed by atoms with Crippen molar-refractivity contribution in [2.45, 2.75) is 12.0 Å². The first kappa shape index (κ1) is 32.3. The lowest BCUT2D eigenvalue weighted by Crippen LogP contribution is -2.28. The number of hydrogen-bond acceptors (Lipinski definition) is 2. The number of anilines is 5. The van der Waals surface area contributed by atoms with Crippen molar-refractivity contribution < 1.29 is 0 Å². The smallest absolute Gasteiger partial charge is 0.0630 e. The van der Waals surface area contributed by atoms with Crippen LogP contribution in [0.3, 0.4) is 0 Å². The van der Waals surface area contributed by atoms with Crippen LogP contribution in [0.25, 0.3) is 54.6 Å². The predicted octanol–water partition coefficient (Wildman–Crippen LogP) is 14.7. The standard InChI is InChI=1S/C54H38N2/c1-3-13-37(14-4-1)38-23-25-39(26-24-38)40-27-30-43(31-28-40)55(42-16-5-2-6-17-42)44-32-34-45(35-33-44)56-51-22-12-11-21-50(51)53-52-46-18-8-7-15-41(46)29-36-48(52)47-19-9-10-20-49(47)54(53)56/h1-36,50-51H. The van der Waals surface area contributed by atoms with Gasteiger partial charge >= 0.3 is 0 Å². The number of rotatable bonds is 6. The fourth-order valence-corrected chi connectivity index (χ4v) is 9.19. The summed E-state index contributed by atoms with van der Waals surface area (Å²) in [6.07, 6.45) is 9.24. The van der Waals surface area contributed by atoms with E-state index in [0.717, 1.165) is 17.1 Å². The lowest BCUT2D eigenvalue weighted by molar-refractivity contribution is 0.748. The number of hydrogen-bond donors (Lipinski definition) is 0. The van der Waals surface area contributed by atoms with Gasteiger partial charge < -0.3 is 9.80 Å². The van der Waals surface area contributed by atoms with Crippen LogP contribution in [0.2, 0.25) is 0 Å². The Hall–Kier alpha value is -7.16. The monoisotopic (exact) mass is 714 g/mol. The van der Waals surface area contributed by atoms with Crippen LogP contribution < -0.4 is 9.80 Å². The zero-order valence-electron chi connectivity index (χ0n) is 30.8. The van der Waals surface area contributed by atoms with E-state index >= 15 is 0 Å². The van der Waals surface area contributed by atoms with Crippen molar-refractivity contribution in [1.82, 2.24) is 0 Å². The molecule has 11 rings (SSSR count). The van der Waals surface area contributed by atoms with E-state index in [4.69, 9.17) is 0 Å². The van der Waals surface area contributed by atoms with Gasteiger partial charge in [-0.15, -0.1) is 0 Å². The summed E-state index contributed by atoms with van der Waals surface area (Å²) in [6, 6.07) is 70.9. The second-order valence-corrected chi connectivity index (χ2v) is 14.9. The summed E-state index contributed by atoms with van der Waals surface area (Å²) in [4.78, 5) is 4.95. The number of fused-ring (bicyclic) bond motifs is 10. The number of nitrogens with zero attached hydrogens (tertiary/aromatic N) is 2. The van der Waals surface area contributed by atoms with Gasteiger partial charge in [-0.1, -0.05) is 170 Å². The zero-order valence-corrected chi connectivity index (χ0v) is 30.8. The van der Waals surface area contributed by atoms with Crippen molar-refractivity contribution >= 4 is 60.8 Å². The van der Waals surface area contributed by atoms with Gasteiger partial charge in [0.1, 0.15) is 0 Å². The highest BCUT2D eigenvalue weighted by molar-refractivity contribution is 6.24. The first-order chi connectivity index (χ1) is 27.8. The highest BCUT2D eigenvalue weighted by atomic mass is 15.2. The van der Waals surface area contributed by atoms with Gasteiger partial charge in [0.15, 0.2) is 0 Å². The largest absolute Gasteiger partial charge is 0.333 e. The van der Waals surface area contributed by atoms with E-state index in [9.17, 15) is 0 Å². The van der Waals surface area contributed by atoms with E-state index in [1.807, 2.05) is 0 Å². The molecule has 9 aromatic rings. The quantitative estimate of drug-likeness (QED) is 0.158. The maximum absolute atomic E-state index is 2.60. The van der Waals surface area contributed by atoms with Crippen LogP contribution in [0.15, 0.2) is 218 Å². The molecular weight excluding hydrogens is 677 g/mol. The molecule has 2 atom stereocenters. The molecule has 0 amide bonds. The molecule has 264 valence electrons. The van der Waals surface area contributed by atoms with Crippen LogP contribution in [-0.4, -0.2) is 6.04 Å². The second-order valence-electron chi connectivity index (χ2n) is 14.9. The molecule has 0 bridgehead atoms. The average molecular weight is 715 g/mol. The van der Waals surface area contributed by atoms with Crippen molar-refractivity contribution in [2.75, 3.05) is 9.80 Å². The SMILES string of the molecule is C1=CC2c3c(c4ccccc4c4ccc5ccccc5c34)N(c3ccc(N(c4ccccc4)c4ccc(-c5ccc(-c6ccccc6)cc5)cc4)cc3)C2C=C1. The van der Waals surface area contributed by atoms with Crippen molar-refractivity contribution in [3.05, 3.63) is 224 Å². The predicted molar refractivity (Wildman–Crippen MR) is 238 cm³/mol. The summed E-state index contributed by atoms with van der Waals surface area (Å²) in [6.45, 7) is 0. The molecule has 1 aliphatic heterocycles. The lowest BCUT2D eigenvalue weighted by Gasteiger charge is -2.30. The van der Waals surface area contributed by atoms with Crippen LogP contribution in [-0.2, 0) is 0 Å². The van der Waals surface area contributed by atoms with E-state index in [1.54, 1.807) is 0 Å². The van der Waals surface area contributed by atoms with Gasteiger partial charge in [0, 0.05) is 34.1 Å². The van der Waals surface area contributed by atoms with Crippen LogP contribution in [0, 0.1) is 0 Å². The third-order valence-electron chi connectivity index (χ3n) is 11.8. The van der Waals surface area contributed by atoms with Gasteiger partial charge in [-0.05, 0) is 103 Å². The zero-order chi connectivity index (χ0) is 37.0. The second kappa shape index (κ2) is 13.3. The molecule has 0 fully saturated rings. The van der Waals surface area contributed by atoms with E-state index in [1.165, 1.54) is 71.5 Å². The van der Waals surface area contributed by atoms with Gasteiger partial charge in [-0.3, -0.25) is 0 Å². The summed E-state index contributed by atoms with van der Waals surface area (Å²) >= 11 is 0. The van der Waals surface area contributed by atoms with Gasteiger partial charge in [0.25, 0.3) is 0 Å². The van der Waals surface area contributed by atoms with Crippen LogP contribution >= 0.6 is 0 Å². The number of benzene rings is 9. The minimum Gasteiger partial charge on any atom is -0.333 e. The van der Waals surface area contributed by atoms with Crippen molar-refractivity contribution in [3.8, 4) is 22.3 Å². The molecule has 0 saturated heterocycles. The Morgan fingerprint density at radius 3 is 1.59 bits per heavy atom. The van der Waals surface area contributed by atoms with Gasteiger partial charge in [-0.2, -0.15) is 0 Å². The van der Waals surface area contributed by atoms with Crippen LogP contribution in [0.5, 0.6) is 0 Å². The lowest BCUT2D eigenvalue weighted by atomic mass is 9.84. The van der Waals surface area contributed by atoms with Crippen molar-refractivity contribution in [3.63, 3.8) is 0 Å². The molecule has 2 nitrogen and oxygen atoms in total. The normalized spacial score (nSPS) is 15.7. The molecule has 2 unspecified atom stereocenters. The average Bonchev–Trinajstić information content (AvgIpc) is 3.63. The highest BCUT2D eigenvalue weighted by Crippen LogP contribution is 2.55. The number of allylic oxidation sites excluding steroid dienone is 2. The fourth-order valence-electron chi connectivity index (χ4n) is 9.19. The number of para-hydroxylation sites is 1. The summed E-state index contributed by atoms with van der Waals surface area (Å²) in [5.74, 6) is 0.237. The molecule has 1 heterocycles. The Morgan fingerprint density at radius 1 is 0.375 bits per heavy atom. The minimum atomic E-state index is 0.174. The Kier molecular flexibility index (Phi) is 7.67. The molecule has 0 saturated carbocycles. The molecule has 0 spiro atoms. The summed E-state index contributed by atoms with van der Waals surface area (Å²) in [5, 5.41) is 7.89. The van der Waals surface area contributed by atoms with Gasteiger partial charge in [0.2, 0.25) is 0 Å². The molecule has 9 aromatic carbocycles. The molecule has 0 radical (unpaired) electrons. The van der Waals surface area contributed by atoms with Gasteiger partial charge in [-0.25, -0.2) is 0 Å². The van der Waals surface area contributed by atoms with E-state index < -0.39 is 0 Å². The van der Waals surface area contributed by atoms with Crippen LogP contribution in [0.4, 0.5) is 28.4 Å². The Bertz CT molecular complexity index is 2940. The Morgan fingerprint density at radius 2 is 0.893 bits per heavy atom. The van der Waals surface area contributed by atoms with Crippen molar-refractivity contribution in [1.29, 1.82) is 0 Å². The Labute approximate surface area is 327 Å². The molecule has 2 aliphatic rings. The summed E-state index contributed by atoms with van der Waals surface area (Å²) in [5.41, 5.74) is 12.1. The maximum atomic E-state index is 2.60. The van der Waals surface area contributed by atoms with E-state index in [2.05, 4.69) is 228 Å². The van der Waals surface area contributed by atoms with E-state index in [0.29, 0.717) is 0 Å². The molecule has 2 heteroatoms. The third-order valence-corrected chi connectivity index (χ3v) is 11.8. The van der Waals surface area contributed by atoms with Crippen molar-refractivity contribution in [2.24, 2.45) is 0 Å². The fraction of sp³-hybridized carbons (Fsp3) is 0.0370. The highest BCUT2D eigenvalue weighted by Gasteiger charge is 2.40. The topological polar surface area (TPSA) is 6.48 Å². The summed E-state index contributed by atoms with van der Waals surface area (Å²) in [7, 11) is 0. The molecule has 0 aromatic heterocycles.